The van der Waals surface area contributed by atoms with Crippen LogP contribution in [0.2, 0.25) is 0 Å². The SMILES string of the molecule is COCC(N)C(=O)NC(c1ccccn1)c1ccccc1OC.Cl. The molecule has 3 N–H and O–H groups in total. The zero-order valence-corrected chi connectivity index (χ0v) is 14.5. The Morgan fingerprint density at radius 2 is 1.92 bits per heavy atom. The van der Waals surface area contributed by atoms with E-state index in [9.17, 15) is 4.79 Å². The molecule has 1 aromatic carbocycles. The van der Waals surface area contributed by atoms with Gasteiger partial charge in [-0.1, -0.05) is 24.3 Å². The van der Waals surface area contributed by atoms with E-state index in [-0.39, 0.29) is 24.9 Å². The fraction of sp³-hybridized carbons (Fsp3) is 0.294. The molecule has 2 unspecified atom stereocenters. The van der Waals surface area contributed by atoms with Crippen LogP contribution in [0.15, 0.2) is 48.7 Å². The molecule has 6 nitrogen and oxygen atoms in total. The van der Waals surface area contributed by atoms with Gasteiger partial charge in [0.15, 0.2) is 0 Å². The van der Waals surface area contributed by atoms with Gasteiger partial charge in [0.25, 0.3) is 0 Å². The Balaban J connectivity index is 0.00000288. The van der Waals surface area contributed by atoms with Gasteiger partial charge in [0.1, 0.15) is 17.8 Å². The van der Waals surface area contributed by atoms with Gasteiger partial charge in [0.2, 0.25) is 5.91 Å². The highest BCUT2D eigenvalue weighted by Crippen LogP contribution is 2.28. The molecule has 1 heterocycles. The van der Waals surface area contributed by atoms with Crippen molar-refractivity contribution in [1.29, 1.82) is 0 Å². The second-order valence-corrected chi connectivity index (χ2v) is 5.00. The Bertz CT molecular complexity index is 640. The number of amides is 1. The van der Waals surface area contributed by atoms with Gasteiger partial charge in [0, 0.05) is 18.9 Å². The Hall–Kier alpha value is -2.15. The molecule has 2 atom stereocenters. The zero-order valence-electron chi connectivity index (χ0n) is 13.6. The van der Waals surface area contributed by atoms with Crippen LogP contribution in [0.4, 0.5) is 0 Å². The molecule has 2 rings (SSSR count). The highest BCUT2D eigenvalue weighted by Gasteiger charge is 2.24. The Morgan fingerprint density at radius 1 is 1.21 bits per heavy atom. The van der Waals surface area contributed by atoms with Gasteiger partial charge < -0.3 is 20.5 Å². The number of para-hydroxylation sites is 1. The number of nitrogens with zero attached hydrogens (tertiary/aromatic N) is 1. The maximum atomic E-state index is 12.3. The fourth-order valence-electron chi connectivity index (χ4n) is 2.27. The number of nitrogens with one attached hydrogen (secondary N) is 1. The van der Waals surface area contributed by atoms with Gasteiger partial charge in [-0.05, 0) is 18.2 Å². The molecule has 0 aliphatic heterocycles. The summed E-state index contributed by atoms with van der Waals surface area (Å²) in [4.78, 5) is 16.7. The minimum Gasteiger partial charge on any atom is -0.496 e. The number of carbonyl (C=O) groups excluding carboxylic acids is 1. The molecule has 0 radical (unpaired) electrons. The monoisotopic (exact) mass is 351 g/mol. The van der Waals surface area contributed by atoms with E-state index >= 15 is 0 Å². The number of carbonyl (C=O) groups is 1. The van der Waals surface area contributed by atoms with E-state index in [2.05, 4.69) is 10.3 Å². The molecular formula is C17H22ClN3O3. The molecule has 0 aliphatic rings. The normalized spacial score (nSPS) is 12.6. The molecule has 1 amide bonds. The Kier molecular flexibility index (Phi) is 8.18. The van der Waals surface area contributed by atoms with E-state index < -0.39 is 12.1 Å². The van der Waals surface area contributed by atoms with E-state index in [4.69, 9.17) is 15.2 Å². The van der Waals surface area contributed by atoms with E-state index in [1.165, 1.54) is 7.11 Å². The van der Waals surface area contributed by atoms with Crippen molar-refractivity contribution in [2.45, 2.75) is 12.1 Å². The van der Waals surface area contributed by atoms with Gasteiger partial charge in [-0.3, -0.25) is 9.78 Å². The first-order valence-corrected chi connectivity index (χ1v) is 7.26. The van der Waals surface area contributed by atoms with E-state index in [0.717, 1.165) is 5.56 Å². The number of rotatable bonds is 7. The number of halogens is 1. The molecular weight excluding hydrogens is 330 g/mol. The Morgan fingerprint density at radius 3 is 2.54 bits per heavy atom. The molecule has 130 valence electrons. The number of pyridine rings is 1. The summed E-state index contributed by atoms with van der Waals surface area (Å²) in [6.45, 7) is 0.146. The number of benzene rings is 1. The average molecular weight is 352 g/mol. The van der Waals surface area contributed by atoms with Gasteiger partial charge in [0.05, 0.1) is 19.4 Å². The van der Waals surface area contributed by atoms with Crippen molar-refractivity contribution in [1.82, 2.24) is 10.3 Å². The summed E-state index contributed by atoms with van der Waals surface area (Å²) < 4.78 is 10.3. The van der Waals surface area contributed by atoms with Crippen molar-refractivity contribution in [2.75, 3.05) is 20.8 Å². The maximum absolute atomic E-state index is 12.3. The number of nitrogens with two attached hydrogens (primary N) is 1. The molecule has 0 spiro atoms. The summed E-state index contributed by atoms with van der Waals surface area (Å²) >= 11 is 0. The first kappa shape index (κ1) is 19.9. The van der Waals surface area contributed by atoms with E-state index in [1.54, 1.807) is 13.3 Å². The van der Waals surface area contributed by atoms with E-state index in [1.807, 2.05) is 42.5 Å². The van der Waals surface area contributed by atoms with Crippen LogP contribution in [0.1, 0.15) is 17.3 Å². The number of hydrogen-bond donors (Lipinski definition) is 2. The van der Waals surface area contributed by atoms with Crippen LogP contribution >= 0.6 is 12.4 Å². The van der Waals surface area contributed by atoms with Gasteiger partial charge >= 0.3 is 0 Å². The summed E-state index contributed by atoms with van der Waals surface area (Å²) in [5.41, 5.74) is 7.33. The number of aromatic nitrogens is 1. The smallest absolute Gasteiger partial charge is 0.240 e. The summed E-state index contributed by atoms with van der Waals surface area (Å²) in [7, 11) is 3.09. The van der Waals surface area contributed by atoms with Crippen molar-refractivity contribution in [3.8, 4) is 5.75 Å². The number of methoxy groups -OCH3 is 2. The lowest BCUT2D eigenvalue weighted by Gasteiger charge is -2.22. The highest BCUT2D eigenvalue weighted by molar-refractivity contribution is 5.85. The predicted octanol–water partition coefficient (Wildman–Crippen LogP) is 1.69. The minimum absolute atomic E-state index is 0. The molecule has 24 heavy (non-hydrogen) atoms. The van der Waals surface area contributed by atoms with E-state index in [0.29, 0.717) is 11.4 Å². The summed E-state index contributed by atoms with van der Waals surface area (Å²) in [6, 6.07) is 11.8. The topological polar surface area (TPSA) is 86.5 Å². The van der Waals surface area contributed by atoms with Gasteiger partial charge in [-0.2, -0.15) is 0 Å². The van der Waals surface area contributed by atoms with Crippen LogP contribution in [0.3, 0.4) is 0 Å². The van der Waals surface area contributed by atoms with Crippen molar-refractivity contribution >= 4 is 18.3 Å². The summed E-state index contributed by atoms with van der Waals surface area (Å²) in [5, 5.41) is 2.92. The first-order valence-electron chi connectivity index (χ1n) is 7.26. The third-order valence-electron chi connectivity index (χ3n) is 3.40. The second-order valence-electron chi connectivity index (χ2n) is 5.00. The lowest BCUT2D eigenvalue weighted by molar-refractivity contribution is -0.124. The molecule has 1 aromatic heterocycles. The quantitative estimate of drug-likeness (QED) is 0.792. The molecule has 7 heteroatoms. The van der Waals surface area contributed by atoms with Gasteiger partial charge in [-0.25, -0.2) is 0 Å². The standard InChI is InChI=1S/C17H21N3O3.ClH/c1-22-11-13(18)17(21)20-16(14-8-5-6-10-19-14)12-7-3-4-9-15(12)23-2;/h3-10,13,16H,11,18H2,1-2H3,(H,20,21);1H. The first-order chi connectivity index (χ1) is 11.2. The van der Waals surface area contributed by atoms with Crippen LogP contribution < -0.4 is 15.8 Å². The van der Waals surface area contributed by atoms with Crippen molar-refractivity contribution in [2.24, 2.45) is 5.73 Å². The number of ether oxygens (including phenoxy) is 2. The lowest BCUT2D eigenvalue weighted by atomic mass is 10.0. The Labute approximate surface area is 147 Å². The van der Waals surface area contributed by atoms with Crippen LogP contribution in [-0.2, 0) is 9.53 Å². The lowest BCUT2D eigenvalue weighted by Crippen LogP contribution is -2.45. The fourth-order valence-corrected chi connectivity index (χ4v) is 2.27. The van der Waals surface area contributed by atoms with Crippen LogP contribution in [0, 0.1) is 0 Å². The van der Waals surface area contributed by atoms with Crippen LogP contribution in [0.25, 0.3) is 0 Å². The number of hydrogen-bond acceptors (Lipinski definition) is 5. The molecule has 0 saturated carbocycles. The zero-order chi connectivity index (χ0) is 16.7. The molecule has 2 aromatic rings. The molecule has 0 aliphatic carbocycles. The van der Waals surface area contributed by atoms with Crippen molar-refractivity contribution in [3.63, 3.8) is 0 Å². The van der Waals surface area contributed by atoms with Crippen molar-refractivity contribution < 1.29 is 14.3 Å². The van der Waals surface area contributed by atoms with Crippen molar-refractivity contribution in [3.05, 3.63) is 59.9 Å². The average Bonchev–Trinajstić information content (AvgIpc) is 2.60. The minimum atomic E-state index is -0.749. The third kappa shape index (κ3) is 4.92. The van der Waals surface area contributed by atoms with Gasteiger partial charge in [-0.15, -0.1) is 12.4 Å². The molecule has 0 fully saturated rings. The second kappa shape index (κ2) is 9.87. The largest absolute Gasteiger partial charge is 0.496 e. The third-order valence-corrected chi connectivity index (χ3v) is 3.40. The summed E-state index contributed by atoms with van der Waals surface area (Å²) in [5.74, 6) is 0.358. The van der Waals surface area contributed by atoms with Crippen LogP contribution in [0.5, 0.6) is 5.75 Å². The molecule has 0 saturated heterocycles. The maximum Gasteiger partial charge on any atom is 0.240 e. The van der Waals surface area contributed by atoms with Crippen LogP contribution in [-0.4, -0.2) is 37.8 Å². The predicted molar refractivity (Wildman–Crippen MR) is 94.3 cm³/mol. The summed E-state index contributed by atoms with van der Waals surface area (Å²) in [6.07, 6.45) is 1.68. The molecule has 0 bridgehead atoms. The highest BCUT2D eigenvalue weighted by atomic mass is 35.5.